The molecule has 3 aromatic rings. The summed E-state index contributed by atoms with van der Waals surface area (Å²) < 4.78 is 28.8. The summed E-state index contributed by atoms with van der Waals surface area (Å²) in [6.07, 6.45) is -0.684. The van der Waals surface area contributed by atoms with Crippen molar-refractivity contribution in [3.8, 4) is 11.1 Å². The topological polar surface area (TPSA) is 169 Å². The van der Waals surface area contributed by atoms with Crippen molar-refractivity contribution in [2.24, 2.45) is 10.9 Å². The van der Waals surface area contributed by atoms with E-state index in [0.29, 0.717) is 28.1 Å². The van der Waals surface area contributed by atoms with Gasteiger partial charge in [0.05, 0.1) is 4.90 Å². The molecule has 2 amide bonds. The molecule has 6 N–H and O–H groups in total. The zero-order valence-electron chi connectivity index (χ0n) is 17.8. The first kappa shape index (κ1) is 23.0. The predicted molar refractivity (Wildman–Crippen MR) is 127 cm³/mol. The fraction of sp³-hybridized carbons (Fsp3) is 0.0870. The maximum Gasteiger partial charge on any atom is 0.415 e. The van der Waals surface area contributed by atoms with Gasteiger partial charge in [-0.2, -0.15) is 0 Å². The van der Waals surface area contributed by atoms with Crippen molar-refractivity contribution >= 4 is 39.2 Å². The van der Waals surface area contributed by atoms with Crippen LogP contribution in [0, 0.1) is 5.41 Å². The SMILES string of the molecule is N=C(N)c1cccc(N2C(=O)OCC2C(=O)Nc2ccc(-c3ccccc3S(N)(=O)=O)cc2)c1. The van der Waals surface area contributed by atoms with Crippen LogP contribution in [0.15, 0.2) is 77.7 Å². The summed E-state index contributed by atoms with van der Waals surface area (Å²) in [5, 5.41) is 15.6. The molecular weight excluding hydrogens is 458 g/mol. The summed E-state index contributed by atoms with van der Waals surface area (Å²) in [7, 11) is -3.91. The van der Waals surface area contributed by atoms with E-state index >= 15 is 0 Å². The Morgan fingerprint density at radius 3 is 2.44 bits per heavy atom. The molecule has 0 spiro atoms. The number of hydrogen-bond donors (Lipinski definition) is 4. The van der Waals surface area contributed by atoms with Gasteiger partial charge in [0.2, 0.25) is 10.0 Å². The van der Waals surface area contributed by atoms with Gasteiger partial charge in [-0.05, 0) is 35.9 Å². The molecule has 34 heavy (non-hydrogen) atoms. The molecule has 1 unspecified atom stereocenters. The van der Waals surface area contributed by atoms with E-state index in [-0.39, 0.29) is 17.3 Å². The number of rotatable bonds is 6. The van der Waals surface area contributed by atoms with E-state index in [1.165, 1.54) is 17.0 Å². The maximum atomic E-state index is 13.0. The minimum atomic E-state index is -3.91. The molecule has 0 saturated carbocycles. The second kappa shape index (κ2) is 8.96. The van der Waals surface area contributed by atoms with Gasteiger partial charge in [0.25, 0.3) is 5.91 Å². The van der Waals surface area contributed by atoms with Gasteiger partial charge in [-0.1, -0.05) is 42.5 Å². The number of primary sulfonamides is 1. The van der Waals surface area contributed by atoms with Gasteiger partial charge >= 0.3 is 6.09 Å². The van der Waals surface area contributed by atoms with Crippen LogP contribution >= 0.6 is 0 Å². The van der Waals surface area contributed by atoms with E-state index in [4.69, 9.17) is 21.0 Å². The number of cyclic esters (lactones) is 1. The number of benzene rings is 3. The third-order valence-electron chi connectivity index (χ3n) is 5.27. The lowest BCUT2D eigenvalue weighted by Crippen LogP contribution is -2.42. The van der Waals surface area contributed by atoms with Crippen molar-refractivity contribution in [1.29, 1.82) is 5.41 Å². The zero-order chi connectivity index (χ0) is 24.5. The Labute approximate surface area is 195 Å². The highest BCUT2D eigenvalue weighted by Gasteiger charge is 2.39. The van der Waals surface area contributed by atoms with Crippen molar-refractivity contribution in [2.75, 3.05) is 16.8 Å². The van der Waals surface area contributed by atoms with Gasteiger partial charge in [-0.15, -0.1) is 0 Å². The van der Waals surface area contributed by atoms with Crippen molar-refractivity contribution in [3.05, 3.63) is 78.4 Å². The third-order valence-corrected chi connectivity index (χ3v) is 6.24. The number of carbonyl (C=O) groups is 2. The van der Waals surface area contributed by atoms with Crippen molar-refractivity contribution < 1.29 is 22.7 Å². The number of nitrogens with zero attached hydrogens (tertiary/aromatic N) is 1. The van der Waals surface area contributed by atoms with E-state index in [1.54, 1.807) is 60.7 Å². The van der Waals surface area contributed by atoms with Crippen LogP contribution in [-0.2, 0) is 19.6 Å². The Morgan fingerprint density at radius 1 is 1.06 bits per heavy atom. The van der Waals surface area contributed by atoms with Gasteiger partial charge in [-0.3, -0.25) is 15.1 Å². The summed E-state index contributed by atoms with van der Waals surface area (Å²) in [5.41, 5.74) is 7.80. The lowest BCUT2D eigenvalue weighted by Gasteiger charge is -2.21. The number of ether oxygens (including phenoxy) is 1. The normalized spacial score (nSPS) is 15.6. The molecule has 1 saturated heterocycles. The second-order valence-corrected chi connectivity index (χ2v) is 9.06. The Hall–Kier alpha value is -4.22. The van der Waals surface area contributed by atoms with Gasteiger partial charge in [0, 0.05) is 22.5 Å². The number of nitrogens with one attached hydrogen (secondary N) is 2. The predicted octanol–water partition coefficient (Wildman–Crippen LogP) is 2.25. The molecule has 1 atom stereocenters. The van der Waals surface area contributed by atoms with E-state index in [2.05, 4.69) is 5.32 Å². The number of amides is 2. The summed E-state index contributed by atoms with van der Waals surface area (Å²) >= 11 is 0. The van der Waals surface area contributed by atoms with Crippen molar-refractivity contribution in [1.82, 2.24) is 0 Å². The van der Waals surface area contributed by atoms with E-state index in [9.17, 15) is 18.0 Å². The van der Waals surface area contributed by atoms with Crippen LogP contribution in [-0.4, -0.2) is 38.9 Å². The molecule has 4 rings (SSSR count). The molecular formula is C23H21N5O5S. The number of nitrogen functional groups attached to an aromatic ring is 1. The molecule has 10 nitrogen and oxygen atoms in total. The summed E-state index contributed by atoms with van der Waals surface area (Å²) in [5.74, 6) is -0.642. The average Bonchev–Trinajstić information content (AvgIpc) is 3.20. The van der Waals surface area contributed by atoms with Crippen LogP contribution in [0.4, 0.5) is 16.2 Å². The Morgan fingerprint density at radius 2 is 1.76 bits per heavy atom. The molecule has 1 aliphatic rings. The first-order valence-corrected chi connectivity index (χ1v) is 11.6. The van der Waals surface area contributed by atoms with E-state index in [0.717, 1.165) is 0 Å². The minimum Gasteiger partial charge on any atom is -0.446 e. The van der Waals surface area contributed by atoms with Crippen LogP contribution in [0.1, 0.15) is 5.56 Å². The second-order valence-electron chi connectivity index (χ2n) is 7.53. The highest BCUT2D eigenvalue weighted by atomic mass is 32.2. The molecule has 3 aromatic carbocycles. The Bertz CT molecular complexity index is 1390. The monoisotopic (exact) mass is 479 g/mol. The third kappa shape index (κ3) is 4.60. The number of hydrogen-bond acceptors (Lipinski definition) is 6. The highest BCUT2D eigenvalue weighted by Crippen LogP contribution is 2.28. The minimum absolute atomic E-state index is 0.00293. The van der Waals surface area contributed by atoms with Crippen LogP contribution in [0.25, 0.3) is 11.1 Å². The number of anilines is 2. The van der Waals surface area contributed by atoms with Crippen molar-refractivity contribution in [2.45, 2.75) is 10.9 Å². The molecule has 1 fully saturated rings. The lowest BCUT2D eigenvalue weighted by molar-refractivity contribution is -0.117. The zero-order valence-corrected chi connectivity index (χ0v) is 18.6. The number of amidine groups is 1. The van der Waals surface area contributed by atoms with Crippen LogP contribution in [0.2, 0.25) is 0 Å². The first-order valence-electron chi connectivity index (χ1n) is 10.1. The summed E-state index contributed by atoms with van der Waals surface area (Å²) in [4.78, 5) is 26.5. The molecule has 0 aromatic heterocycles. The number of sulfonamides is 1. The number of carbonyl (C=O) groups excluding carboxylic acids is 2. The van der Waals surface area contributed by atoms with Gasteiger partial charge in [0.1, 0.15) is 12.4 Å². The molecule has 0 radical (unpaired) electrons. The van der Waals surface area contributed by atoms with Gasteiger partial charge in [-0.25, -0.2) is 18.4 Å². The molecule has 0 aliphatic carbocycles. The maximum absolute atomic E-state index is 13.0. The van der Waals surface area contributed by atoms with Crippen LogP contribution < -0.4 is 21.1 Å². The van der Waals surface area contributed by atoms with Gasteiger partial charge in [0.15, 0.2) is 6.04 Å². The fourth-order valence-corrected chi connectivity index (χ4v) is 4.40. The Balaban J connectivity index is 1.55. The van der Waals surface area contributed by atoms with E-state index in [1.807, 2.05) is 0 Å². The largest absolute Gasteiger partial charge is 0.446 e. The highest BCUT2D eigenvalue weighted by molar-refractivity contribution is 7.89. The van der Waals surface area contributed by atoms with Crippen LogP contribution in [0.3, 0.4) is 0 Å². The number of nitrogens with two attached hydrogens (primary N) is 2. The van der Waals surface area contributed by atoms with Gasteiger partial charge < -0.3 is 15.8 Å². The Kier molecular flexibility index (Phi) is 6.05. The van der Waals surface area contributed by atoms with Crippen LogP contribution in [0.5, 0.6) is 0 Å². The molecule has 11 heteroatoms. The fourth-order valence-electron chi connectivity index (χ4n) is 3.64. The standard InChI is InChI=1S/C23H21N5O5S/c24-21(25)15-4-3-5-17(12-15)28-19(13-33-23(28)30)22(29)27-16-10-8-14(9-11-16)18-6-1-2-7-20(18)34(26,31)32/h1-12,19H,13H2,(H3,24,25)(H,27,29)(H2,26,31,32). The summed E-state index contributed by atoms with van der Waals surface area (Å²) in [6, 6.07) is 18.4. The average molecular weight is 480 g/mol. The lowest BCUT2D eigenvalue weighted by atomic mass is 10.1. The van der Waals surface area contributed by atoms with E-state index < -0.39 is 28.1 Å². The smallest absolute Gasteiger partial charge is 0.415 e. The summed E-state index contributed by atoms with van der Waals surface area (Å²) in [6.45, 7) is -0.144. The van der Waals surface area contributed by atoms with Crippen molar-refractivity contribution in [3.63, 3.8) is 0 Å². The molecule has 174 valence electrons. The first-order chi connectivity index (χ1) is 16.1. The quantitative estimate of drug-likeness (QED) is 0.312. The molecule has 0 bridgehead atoms. The molecule has 1 aliphatic heterocycles. The molecule has 1 heterocycles.